The summed E-state index contributed by atoms with van der Waals surface area (Å²) < 4.78 is 1.21. The number of hydrogen-bond donors (Lipinski definition) is 1. The molecule has 1 aliphatic rings. The molecule has 1 atom stereocenters. The summed E-state index contributed by atoms with van der Waals surface area (Å²) in [7, 11) is 0. The molecule has 0 radical (unpaired) electrons. The van der Waals surface area contributed by atoms with E-state index in [0.717, 1.165) is 19.6 Å². The minimum atomic E-state index is 0. The third-order valence-corrected chi connectivity index (χ3v) is 4.14. The highest BCUT2D eigenvalue weighted by molar-refractivity contribution is 9.10. The Bertz CT molecular complexity index is 305. The van der Waals surface area contributed by atoms with Crippen molar-refractivity contribution >= 4 is 39.7 Å². The first-order valence-electron chi connectivity index (χ1n) is 4.92. The van der Waals surface area contributed by atoms with E-state index in [1.165, 1.54) is 15.9 Å². The average molecular weight is 312 g/mol. The zero-order valence-electron chi connectivity index (χ0n) is 8.70. The minimum Gasteiger partial charge on any atom is -0.312 e. The number of nitrogens with zero attached hydrogens (tertiary/aromatic N) is 1. The average Bonchev–Trinajstić information content (AvgIpc) is 2.51. The molecule has 0 aromatic carbocycles. The van der Waals surface area contributed by atoms with E-state index in [-0.39, 0.29) is 12.4 Å². The van der Waals surface area contributed by atoms with Crippen molar-refractivity contribution in [2.24, 2.45) is 0 Å². The molecular formula is C10H16BrClN2S. The first kappa shape index (κ1) is 13.5. The number of halogens is 2. The lowest BCUT2D eigenvalue weighted by Gasteiger charge is -2.31. The van der Waals surface area contributed by atoms with Gasteiger partial charge in [-0.15, -0.1) is 23.7 Å². The van der Waals surface area contributed by atoms with Gasteiger partial charge in [0.2, 0.25) is 0 Å². The van der Waals surface area contributed by atoms with Crippen molar-refractivity contribution in [3.63, 3.8) is 0 Å². The molecule has 1 aromatic rings. The molecule has 1 N–H and O–H groups in total. The topological polar surface area (TPSA) is 15.3 Å². The molecule has 0 amide bonds. The number of piperazine rings is 1. The van der Waals surface area contributed by atoms with Crippen LogP contribution in [-0.4, -0.2) is 30.6 Å². The van der Waals surface area contributed by atoms with Crippen LogP contribution in [0.25, 0.3) is 0 Å². The summed E-state index contributed by atoms with van der Waals surface area (Å²) in [5, 5.41) is 5.61. The Balaban J connectivity index is 0.00000112. The van der Waals surface area contributed by atoms with Crippen molar-refractivity contribution < 1.29 is 0 Å². The fraction of sp³-hybridized carbons (Fsp3) is 0.600. The van der Waals surface area contributed by atoms with Crippen molar-refractivity contribution in [3.05, 3.63) is 20.8 Å². The van der Waals surface area contributed by atoms with E-state index in [9.17, 15) is 0 Å². The van der Waals surface area contributed by atoms with Gasteiger partial charge in [0.25, 0.3) is 0 Å². The van der Waals surface area contributed by atoms with E-state index in [1.807, 2.05) is 11.3 Å². The molecular weight excluding hydrogens is 296 g/mol. The van der Waals surface area contributed by atoms with Crippen LogP contribution in [0.1, 0.15) is 11.8 Å². The fourth-order valence-electron chi connectivity index (χ4n) is 1.81. The highest BCUT2D eigenvalue weighted by atomic mass is 79.9. The number of rotatable bonds is 2. The Morgan fingerprint density at radius 3 is 3.07 bits per heavy atom. The third kappa shape index (κ3) is 4.04. The van der Waals surface area contributed by atoms with Crippen molar-refractivity contribution in [3.8, 4) is 0 Å². The molecule has 0 bridgehead atoms. The van der Waals surface area contributed by atoms with Crippen molar-refractivity contribution in [1.82, 2.24) is 10.2 Å². The SMILES string of the molecule is C[C@@H]1CN(Cc2cc(Br)cs2)CCN1.Cl. The lowest BCUT2D eigenvalue weighted by atomic mass is 10.2. The number of hydrogen-bond acceptors (Lipinski definition) is 3. The molecule has 2 rings (SSSR count). The Morgan fingerprint density at radius 1 is 1.67 bits per heavy atom. The molecule has 0 spiro atoms. The van der Waals surface area contributed by atoms with Crippen LogP contribution in [0.2, 0.25) is 0 Å². The first-order chi connectivity index (χ1) is 6.74. The summed E-state index contributed by atoms with van der Waals surface area (Å²) in [5.41, 5.74) is 0. The molecule has 0 unspecified atom stereocenters. The van der Waals surface area contributed by atoms with Crippen LogP contribution in [0.4, 0.5) is 0 Å². The quantitative estimate of drug-likeness (QED) is 0.903. The van der Waals surface area contributed by atoms with Crippen LogP contribution in [0.3, 0.4) is 0 Å². The van der Waals surface area contributed by atoms with Crippen LogP contribution in [-0.2, 0) is 6.54 Å². The zero-order valence-corrected chi connectivity index (χ0v) is 11.9. The number of thiophene rings is 1. The van der Waals surface area contributed by atoms with Crippen LogP contribution in [0.15, 0.2) is 15.9 Å². The normalized spacial score (nSPS) is 22.4. The molecule has 1 fully saturated rings. The second-order valence-corrected chi connectivity index (χ2v) is 5.73. The van der Waals surface area contributed by atoms with Gasteiger partial charge in [0.05, 0.1) is 0 Å². The maximum Gasteiger partial charge on any atom is 0.0329 e. The second-order valence-electron chi connectivity index (χ2n) is 3.82. The molecule has 5 heteroatoms. The van der Waals surface area contributed by atoms with E-state index in [1.54, 1.807) is 0 Å². The maximum atomic E-state index is 3.49. The van der Waals surface area contributed by atoms with Crippen LogP contribution < -0.4 is 5.32 Å². The minimum absolute atomic E-state index is 0. The summed E-state index contributed by atoms with van der Waals surface area (Å²) in [5.74, 6) is 0. The molecule has 86 valence electrons. The van der Waals surface area contributed by atoms with Gasteiger partial charge in [-0.1, -0.05) is 0 Å². The lowest BCUT2D eigenvalue weighted by molar-refractivity contribution is 0.201. The predicted octanol–water partition coefficient (Wildman–Crippen LogP) is 2.73. The van der Waals surface area contributed by atoms with E-state index in [0.29, 0.717) is 6.04 Å². The Kier molecular flexibility index (Phi) is 5.57. The van der Waals surface area contributed by atoms with E-state index in [2.05, 4.69) is 44.5 Å². The van der Waals surface area contributed by atoms with Gasteiger partial charge in [-0.3, -0.25) is 4.90 Å². The van der Waals surface area contributed by atoms with Gasteiger partial charge in [0, 0.05) is 47.0 Å². The summed E-state index contributed by atoms with van der Waals surface area (Å²) in [6.07, 6.45) is 0. The molecule has 0 aliphatic carbocycles. The molecule has 15 heavy (non-hydrogen) atoms. The van der Waals surface area contributed by atoms with Crippen molar-refractivity contribution in [2.75, 3.05) is 19.6 Å². The summed E-state index contributed by atoms with van der Waals surface area (Å²) >= 11 is 5.32. The maximum absolute atomic E-state index is 3.49. The molecule has 1 aliphatic heterocycles. The predicted molar refractivity (Wildman–Crippen MR) is 72.0 cm³/mol. The Morgan fingerprint density at radius 2 is 2.47 bits per heavy atom. The second kappa shape index (κ2) is 6.21. The standard InChI is InChI=1S/C10H15BrN2S.ClH/c1-8-5-13(3-2-12-8)6-10-4-9(11)7-14-10;/h4,7-8,12H,2-3,5-6H2,1H3;1H/t8-;/m1./s1. The van der Waals surface area contributed by atoms with Gasteiger partial charge in [-0.2, -0.15) is 0 Å². The van der Waals surface area contributed by atoms with Gasteiger partial charge >= 0.3 is 0 Å². The van der Waals surface area contributed by atoms with Crippen molar-refractivity contribution in [2.45, 2.75) is 19.5 Å². The van der Waals surface area contributed by atoms with E-state index >= 15 is 0 Å². The molecule has 2 nitrogen and oxygen atoms in total. The Labute approximate surface area is 110 Å². The molecule has 2 heterocycles. The summed E-state index contributed by atoms with van der Waals surface area (Å²) in [6.45, 7) is 6.79. The first-order valence-corrected chi connectivity index (χ1v) is 6.60. The van der Waals surface area contributed by atoms with Crippen molar-refractivity contribution in [1.29, 1.82) is 0 Å². The highest BCUT2D eigenvalue weighted by Gasteiger charge is 2.15. The summed E-state index contributed by atoms with van der Waals surface area (Å²) in [4.78, 5) is 3.96. The molecule has 0 saturated carbocycles. The zero-order chi connectivity index (χ0) is 9.97. The van der Waals surface area contributed by atoms with Crippen LogP contribution in [0.5, 0.6) is 0 Å². The largest absolute Gasteiger partial charge is 0.312 e. The van der Waals surface area contributed by atoms with Gasteiger partial charge < -0.3 is 5.32 Å². The molecule has 1 saturated heterocycles. The highest BCUT2D eigenvalue weighted by Crippen LogP contribution is 2.21. The van der Waals surface area contributed by atoms with Gasteiger partial charge in [0.1, 0.15) is 0 Å². The number of nitrogens with one attached hydrogen (secondary N) is 1. The van der Waals surface area contributed by atoms with Gasteiger partial charge in [0.15, 0.2) is 0 Å². The van der Waals surface area contributed by atoms with Gasteiger partial charge in [-0.05, 0) is 28.9 Å². The lowest BCUT2D eigenvalue weighted by Crippen LogP contribution is -2.48. The summed E-state index contributed by atoms with van der Waals surface area (Å²) in [6, 6.07) is 2.85. The van der Waals surface area contributed by atoms with E-state index < -0.39 is 0 Å². The van der Waals surface area contributed by atoms with Gasteiger partial charge in [-0.25, -0.2) is 0 Å². The fourth-order valence-corrected chi connectivity index (χ4v) is 3.31. The van der Waals surface area contributed by atoms with Crippen LogP contribution in [0, 0.1) is 0 Å². The Hall–Kier alpha value is 0.390. The molecule has 1 aromatic heterocycles. The smallest absolute Gasteiger partial charge is 0.0329 e. The third-order valence-electron chi connectivity index (χ3n) is 2.45. The van der Waals surface area contributed by atoms with Crippen LogP contribution >= 0.6 is 39.7 Å². The van der Waals surface area contributed by atoms with E-state index in [4.69, 9.17) is 0 Å². The monoisotopic (exact) mass is 310 g/mol.